The summed E-state index contributed by atoms with van der Waals surface area (Å²) >= 11 is 0. The average molecular weight is 393 g/mol. The van der Waals surface area contributed by atoms with Crippen LogP contribution in [0.25, 0.3) is 6.08 Å². The van der Waals surface area contributed by atoms with Gasteiger partial charge in [-0.15, -0.1) is 0 Å². The van der Waals surface area contributed by atoms with Crippen molar-refractivity contribution in [1.82, 2.24) is 5.32 Å². The summed E-state index contributed by atoms with van der Waals surface area (Å²) in [6.07, 6.45) is 7.46. The minimum Gasteiger partial charge on any atom is -0.477 e. The molecule has 0 saturated heterocycles. The standard InChI is InChI=1S/C24H27NO4/c1-17-6-2-5-9-22(17)29-20-13-10-19(11-14-20)16-21(24(27)28)25-23(26)15-12-18-7-3-4-8-18/h2,5-6,9-11,13-14,16,18H,3-4,7-8,12,15H2,1H3,(H,25,26)(H,27,28)/b21-16+. The first-order valence-electron chi connectivity index (χ1n) is 10.1. The number of para-hydroxylation sites is 1. The number of nitrogens with one attached hydrogen (secondary N) is 1. The van der Waals surface area contributed by atoms with E-state index in [1.807, 2.05) is 31.2 Å². The molecule has 1 fully saturated rings. The van der Waals surface area contributed by atoms with Gasteiger partial charge >= 0.3 is 5.97 Å². The van der Waals surface area contributed by atoms with Crippen molar-refractivity contribution in [3.05, 3.63) is 65.4 Å². The molecule has 29 heavy (non-hydrogen) atoms. The van der Waals surface area contributed by atoms with E-state index in [-0.39, 0.29) is 11.6 Å². The first kappa shape index (κ1) is 20.6. The Labute approximate surface area is 171 Å². The summed E-state index contributed by atoms with van der Waals surface area (Å²) in [5, 5.41) is 12.0. The molecule has 152 valence electrons. The smallest absolute Gasteiger partial charge is 0.352 e. The van der Waals surface area contributed by atoms with Crippen LogP contribution in [0.1, 0.15) is 49.7 Å². The van der Waals surface area contributed by atoms with Gasteiger partial charge in [-0.3, -0.25) is 4.79 Å². The number of aliphatic carboxylic acids is 1. The molecule has 5 nitrogen and oxygen atoms in total. The van der Waals surface area contributed by atoms with E-state index in [0.717, 1.165) is 17.7 Å². The van der Waals surface area contributed by atoms with Crippen molar-refractivity contribution in [1.29, 1.82) is 0 Å². The molecule has 0 heterocycles. The Hall–Kier alpha value is -3.08. The molecule has 0 unspecified atom stereocenters. The Bertz CT molecular complexity index is 880. The van der Waals surface area contributed by atoms with Crippen molar-refractivity contribution >= 4 is 18.0 Å². The van der Waals surface area contributed by atoms with E-state index in [9.17, 15) is 14.7 Å². The lowest BCUT2D eigenvalue weighted by Gasteiger charge is -2.10. The molecule has 0 bridgehead atoms. The van der Waals surface area contributed by atoms with Crippen LogP contribution in [-0.2, 0) is 9.59 Å². The molecule has 2 N–H and O–H groups in total. The summed E-state index contributed by atoms with van der Waals surface area (Å²) in [7, 11) is 0. The van der Waals surface area contributed by atoms with Crippen molar-refractivity contribution in [2.75, 3.05) is 0 Å². The molecule has 2 aromatic rings. The van der Waals surface area contributed by atoms with Crippen molar-refractivity contribution in [2.45, 2.75) is 45.4 Å². The monoisotopic (exact) mass is 393 g/mol. The van der Waals surface area contributed by atoms with E-state index >= 15 is 0 Å². The molecule has 1 amide bonds. The number of aryl methyl sites for hydroxylation is 1. The molecule has 1 aliphatic rings. The third-order valence-electron chi connectivity index (χ3n) is 5.27. The number of carboxylic acid groups (broad SMARTS) is 1. The van der Waals surface area contributed by atoms with Gasteiger partial charge in [0.25, 0.3) is 0 Å². The molecular formula is C24H27NO4. The number of carboxylic acids is 1. The maximum atomic E-state index is 12.2. The summed E-state index contributed by atoms with van der Waals surface area (Å²) in [5.74, 6) is 0.633. The number of hydrogen-bond donors (Lipinski definition) is 2. The summed E-state index contributed by atoms with van der Waals surface area (Å²) < 4.78 is 5.86. The molecule has 3 rings (SSSR count). The van der Waals surface area contributed by atoms with Crippen LogP contribution >= 0.6 is 0 Å². The minimum absolute atomic E-state index is 0.117. The molecule has 1 aliphatic carbocycles. The number of hydrogen-bond acceptors (Lipinski definition) is 3. The fourth-order valence-electron chi connectivity index (χ4n) is 3.59. The fraction of sp³-hybridized carbons (Fsp3) is 0.333. The Morgan fingerprint density at radius 1 is 1.10 bits per heavy atom. The Morgan fingerprint density at radius 3 is 2.45 bits per heavy atom. The van der Waals surface area contributed by atoms with E-state index in [1.165, 1.54) is 31.8 Å². The van der Waals surface area contributed by atoms with Crippen LogP contribution in [0, 0.1) is 12.8 Å². The van der Waals surface area contributed by atoms with Crippen LogP contribution in [-0.4, -0.2) is 17.0 Å². The molecule has 0 aromatic heterocycles. The number of carbonyl (C=O) groups excluding carboxylic acids is 1. The first-order valence-corrected chi connectivity index (χ1v) is 10.1. The summed E-state index contributed by atoms with van der Waals surface area (Å²) in [6, 6.07) is 14.8. The van der Waals surface area contributed by atoms with Crippen molar-refractivity contribution in [2.24, 2.45) is 5.92 Å². The highest BCUT2D eigenvalue weighted by Gasteiger charge is 2.17. The van der Waals surface area contributed by atoms with Crippen LogP contribution in [0.3, 0.4) is 0 Å². The second-order valence-electron chi connectivity index (χ2n) is 7.54. The molecule has 0 atom stereocenters. The zero-order chi connectivity index (χ0) is 20.6. The molecule has 2 aromatic carbocycles. The topological polar surface area (TPSA) is 75.6 Å². The van der Waals surface area contributed by atoms with E-state index in [0.29, 0.717) is 23.7 Å². The molecule has 0 spiro atoms. The number of amides is 1. The highest BCUT2D eigenvalue weighted by atomic mass is 16.5. The van der Waals surface area contributed by atoms with E-state index in [1.54, 1.807) is 24.3 Å². The van der Waals surface area contributed by atoms with Gasteiger partial charge in [-0.25, -0.2) is 4.79 Å². The number of rotatable bonds is 8. The largest absolute Gasteiger partial charge is 0.477 e. The number of carbonyl (C=O) groups is 2. The number of ether oxygens (including phenoxy) is 1. The molecule has 1 saturated carbocycles. The second-order valence-corrected chi connectivity index (χ2v) is 7.54. The lowest BCUT2D eigenvalue weighted by molar-refractivity contribution is -0.134. The van der Waals surface area contributed by atoms with Gasteiger partial charge in [0.1, 0.15) is 17.2 Å². The van der Waals surface area contributed by atoms with Crippen LogP contribution < -0.4 is 10.1 Å². The predicted molar refractivity (Wildman–Crippen MR) is 113 cm³/mol. The van der Waals surface area contributed by atoms with Gasteiger partial charge in [0.2, 0.25) is 5.91 Å². The van der Waals surface area contributed by atoms with Crippen LogP contribution in [0.15, 0.2) is 54.2 Å². The fourth-order valence-corrected chi connectivity index (χ4v) is 3.59. The summed E-state index contributed by atoms with van der Waals surface area (Å²) in [6.45, 7) is 1.97. The first-order chi connectivity index (χ1) is 14.0. The number of benzene rings is 2. The van der Waals surface area contributed by atoms with Gasteiger partial charge in [0, 0.05) is 6.42 Å². The van der Waals surface area contributed by atoms with Crippen molar-refractivity contribution in [3.8, 4) is 11.5 Å². The zero-order valence-electron chi connectivity index (χ0n) is 16.7. The Balaban J connectivity index is 1.61. The predicted octanol–water partition coefficient (Wildman–Crippen LogP) is 5.30. The van der Waals surface area contributed by atoms with Gasteiger partial charge in [-0.1, -0.05) is 56.0 Å². The SMILES string of the molecule is Cc1ccccc1Oc1ccc(/C=C(/NC(=O)CCC2CCCC2)C(=O)O)cc1. The van der Waals surface area contributed by atoms with E-state index < -0.39 is 5.97 Å². The van der Waals surface area contributed by atoms with Gasteiger partial charge in [0.15, 0.2) is 0 Å². The van der Waals surface area contributed by atoms with Crippen LogP contribution in [0.4, 0.5) is 0 Å². The summed E-state index contributed by atoms with van der Waals surface area (Å²) in [5.41, 5.74) is 1.59. The molecule has 0 aliphatic heterocycles. The van der Waals surface area contributed by atoms with Gasteiger partial charge in [-0.05, 0) is 54.7 Å². The third-order valence-corrected chi connectivity index (χ3v) is 5.27. The highest BCUT2D eigenvalue weighted by Crippen LogP contribution is 2.28. The Kier molecular flexibility index (Phi) is 7.06. The average Bonchev–Trinajstić information content (AvgIpc) is 3.23. The summed E-state index contributed by atoms with van der Waals surface area (Å²) in [4.78, 5) is 23.7. The third kappa shape index (κ3) is 6.21. The minimum atomic E-state index is -1.15. The molecule has 0 radical (unpaired) electrons. The maximum absolute atomic E-state index is 12.2. The van der Waals surface area contributed by atoms with Gasteiger partial charge < -0.3 is 15.2 Å². The van der Waals surface area contributed by atoms with Gasteiger partial charge in [0.05, 0.1) is 0 Å². The van der Waals surface area contributed by atoms with Crippen LogP contribution in [0.2, 0.25) is 0 Å². The van der Waals surface area contributed by atoms with Crippen LogP contribution in [0.5, 0.6) is 11.5 Å². The zero-order valence-corrected chi connectivity index (χ0v) is 16.7. The normalized spacial score (nSPS) is 14.6. The Morgan fingerprint density at radius 2 is 1.79 bits per heavy atom. The second kappa shape index (κ2) is 9.92. The quantitative estimate of drug-likeness (QED) is 0.597. The van der Waals surface area contributed by atoms with Gasteiger partial charge in [-0.2, -0.15) is 0 Å². The van der Waals surface area contributed by atoms with Crippen molar-refractivity contribution < 1.29 is 19.4 Å². The maximum Gasteiger partial charge on any atom is 0.352 e. The lowest BCUT2D eigenvalue weighted by atomic mass is 10.0. The molecule has 5 heteroatoms. The lowest BCUT2D eigenvalue weighted by Crippen LogP contribution is -2.27. The van der Waals surface area contributed by atoms with Crippen molar-refractivity contribution in [3.63, 3.8) is 0 Å². The highest BCUT2D eigenvalue weighted by molar-refractivity contribution is 5.96. The van der Waals surface area contributed by atoms with E-state index in [4.69, 9.17) is 4.74 Å². The molecular weight excluding hydrogens is 366 g/mol. The van der Waals surface area contributed by atoms with E-state index in [2.05, 4.69) is 5.32 Å².